The number of fused-ring (bicyclic) bond motifs is 2. The van der Waals surface area contributed by atoms with E-state index in [0.717, 1.165) is 44.2 Å². The smallest absolute Gasteiger partial charge is 0.211 e. The van der Waals surface area contributed by atoms with Crippen LogP contribution in [0, 0.1) is 22.9 Å². The molecule has 0 saturated heterocycles. The van der Waals surface area contributed by atoms with Crippen molar-refractivity contribution in [1.29, 1.82) is 0 Å². The summed E-state index contributed by atoms with van der Waals surface area (Å²) in [5, 5.41) is 4.36. The Morgan fingerprint density at radius 2 is 0.935 bits per heavy atom. The van der Waals surface area contributed by atoms with Gasteiger partial charge in [-0.1, -0.05) is 60.4 Å². The molecule has 4 rings (SSSR count). The van der Waals surface area contributed by atoms with Crippen LogP contribution in [-0.4, -0.2) is 22.3 Å². The number of hydrogen-bond donors (Lipinski definition) is 0. The summed E-state index contributed by atoms with van der Waals surface area (Å²) in [6, 6.07) is 24.4. The fourth-order valence-electron chi connectivity index (χ4n) is 3.60. The molecule has 0 atom stereocenters. The number of benzene rings is 4. The van der Waals surface area contributed by atoms with Crippen molar-refractivity contribution in [2.75, 3.05) is 14.2 Å². The van der Waals surface area contributed by atoms with Crippen molar-refractivity contribution >= 4 is 29.6 Å². The van der Waals surface area contributed by atoms with Gasteiger partial charge in [0.1, 0.15) is 11.5 Å². The van der Waals surface area contributed by atoms with Crippen LogP contribution in [0.15, 0.2) is 72.8 Å². The zero-order chi connectivity index (χ0) is 21.8. The summed E-state index contributed by atoms with van der Waals surface area (Å²) in [6.45, 7) is 4.37. The molecule has 0 fully saturated rings. The molecule has 0 amide bonds. The molecule has 0 radical (unpaired) electrons. The zero-order valence-corrected chi connectivity index (χ0v) is 19.2. The van der Waals surface area contributed by atoms with E-state index < -0.39 is 8.07 Å². The minimum absolute atomic E-state index is 0.865. The first-order valence-electron chi connectivity index (χ1n) is 10.2. The van der Waals surface area contributed by atoms with Gasteiger partial charge < -0.3 is 9.47 Å². The molecule has 0 saturated carbocycles. The molecule has 31 heavy (non-hydrogen) atoms. The molecule has 0 aliphatic carbocycles. The topological polar surface area (TPSA) is 18.5 Å². The summed E-state index contributed by atoms with van der Waals surface area (Å²) < 4.78 is 11.0. The van der Waals surface area contributed by atoms with E-state index in [1.165, 1.54) is 0 Å². The molecule has 0 heterocycles. The van der Waals surface area contributed by atoms with Gasteiger partial charge in [0.15, 0.2) is 0 Å². The Morgan fingerprint density at radius 1 is 0.548 bits per heavy atom. The average Bonchev–Trinajstić information content (AvgIpc) is 2.81. The molecule has 0 aliphatic heterocycles. The van der Waals surface area contributed by atoms with Crippen LogP contribution in [0.1, 0.15) is 11.1 Å². The lowest BCUT2D eigenvalue weighted by molar-refractivity contribution is 0.419. The van der Waals surface area contributed by atoms with Gasteiger partial charge in [-0.2, -0.15) is 0 Å². The number of hydrogen-bond acceptors (Lipinski definition) is 2. The van der Waals surface area contributed by atoms with Crippen LogP contribution in [0.2, 0.25) is 13.1 Å². The first-order chi connectivity index (χ1) is 15.0. The first-order valence-corrected chi connectivity index (χ1v) is 13.2. The summed E-state index contributed by atoms with van der Waals surface area (Å²) in [4.78, 5) is 0. The Bertz CT molecular complexity index is 1290. The standard InChI is InChI=1S/C28H24O2Si/c1-29-27-15-13-21(23-9-5-7-11-25(23)27)17-19-31(3,4)20-18-22-14-16-28(30-2)26-12-8-6-10-24(22)26/h5-16H,1-4H3. The highest BCUT2D eigenvalue weighted by Crippen LogP contribution is 2.29. The van der Waals surface area contributed by atoms with Gasteiger partial charge in [-0.25, -0.2) is 0 Å². The highest BCUT2D eigenvalue weighted by Gasteiger charge is 2.15. The van der Waals surface area contributed by atoms with E-state index in [1.54, 1.807) is 14.2 Å². The maximum Gasteiger partial charge on any atom is 0.211 e. The molecule has 0 spiro atoms. The Morgan fingerprint density at radius 3 is 1.32 bits per heavy atom. The Balaban J connectivity index is 1.71. The molecule has 4 aromatic rings. The van der Waals surface area contributed by atoms with Crippen molar-refractivity contribution in [1.82, 2.24) is 0 Å². The molecular weight excluding hydrogens is 396 g/mol. The van der Waals surface area contributed by atoms with Gasteiger partial charge in [0.2, 0.25) is 8.07 Å². The molecule has 0 aromatic heterocycles. The van der Waals surface area contributed by atoms with E-state index in [9.17, 15) is 0 Å². The van der Waals surface area contributed by atoms with Crippen molar-refractivity contribution < 1.29 is 9.47 Å². The van der Waals surface area contributed by atoms with Crippen LogP contribution < -0.4 is 9.47 Å². The van der Waals surface area contributed by atoms with Crippen molar-refractivity contribution in [3.8, 4) is 34.4 Å². The van der Waals surface area contributed by atoms with Crippen molar-refractivity contribution in [2.45, 2.75) is 13.1 Å². The van der Waals surface area contributed by atoms with Gasteiger partial charge in [-0.15, -0.1) is 11.1 Å². The van der Waals surface area contributed by atoms with E-state index in [-0.39, 0.29) is 0 Å². The van der Waals surface area contributed by atoms with Gasteiger partial charge in [0.25, 0.3) is 0 Å². The minimum atomic E-state index is -2.07. The summed E-state index contributed by atoms with van der Waals surface area (Å²) in [7, 11) is 1.32. The predicted molar refractivity (Wildman–Crippen MR) is 132 cm³/mol. The Kier molecular flexibility index (Phi) is 5.72. The van der Waals surface area contributed by atoms with Gasteiger partial charge in [0.05, 0.1) is 14.2 Å². The minimum Gasteiger partial charge on any atom is -0.496 e. The summed E-state index contributed by atoms with van der Waals surface area (Å²) in [5.74, 6) is 8.54. The van der Waals surface area contributed by atoms with Crippen LogP contribution in [0.25, 0.3) is 21.5 Å². The second-order valence-electron chi connectivity index (χ2n) is 7.85. The van der Waals surface area contributed by atoms with Gasteiger partial charge in [0, 0.05) is 32.7 Å². The van der Waals surface area contributed by atoms with Gasteiger partial charge in [-0.05, 0) is 37.4 Å². The third-order valence-electron chi connectivity index (χ3n) is 5.23. The normalized spacial score (nSPS) is 10.7. The van der Waals surface area contributed by atoms with Crippen molar-refractivity contribution in [3.05, 3.63) is 83.9 Å². The van der Waals surface area contributed by atoms with Gasteiger partial charge in [-0.3, -0.25) is 0 Å². The zero-order valence-electron chi connectivity index (χ0n) is 18.2. The predicted octanol–water partition coefficient (Wildman–Crippen LogP) is 6.20. The third-order valence-corrected chi connectivity index (χ3v) is 6.73. The monoisotopic (exact) mass is 420 g/mol. The Labute approximate surface area is 184 Å². The van der Waals surface area contributed by atoms with E-state index in [4.69, 9.17) is 9.47 Å². The maximum absolute atomic E-state index is 5.50. The molecule has 4 aromatic carbocycles. The SMILES string of the molecule is COc1ccc(C#C[Si](C)(C)C#Cc2ccc(OC)c3ccccc23)c2ccccc12. The number of methoxy groups -OCH3 is 2. The lowest BCUT2D eigenvalue weighted by atomic mass is 10.0. The lowest BCUT2D eigenvalue weighted by Gasteiger charge is -2.09. The average molecular weight is 421 g/mol. The van der Waals surface area contributed by atoms with E-state index in [0.29, 0.717) is 0 Å². The Hall–Kier alpha value is -3.66. The molecule has 0 N–H and O–H groups in total. The second kappa shape index (κ2) is 8.60. The molecule has 2 nitrogen and oxygen atoms in total. The molecule has 0 unspecified atom stereocenters. The molecule has 152 valence electrons. The quantitative estimate of drug-likeness (QED) is 0.284. The fourth-order valence-corrected chi connectivity index (χ4v) is 4.55. The van der Waals surface area contributed by atoms with Crippen LogP contribution >= 0.6 is 0 Å². The second-order valence-corrected chi connectivity index (χ2v) is 11.6. The number of rotatable bonds is 2. The first kappa shape index (κ1) is 20.6. The maximum atomic E-state index is 5.50. The molecule has 0 aliphatic rings. The number of ether oxygens (including phenoxy) is 2. The van der Waals surface area contributed by atoms with E-state index in [2.05, 4.69) is 60.3 Å². The van der Waals surface area contributed by atoms with Crippen molar-refractivity contribution in [3.63, 3.8) is 0 Å². The lowest BCUT2D eigenvalue weighted by Crippen LogP contribution is -2.21. The molecule has 0 bridgehead atoms. The third kappa shape index (κ3) is 4.28. The van der Waals surface area contributed by atoms with E-state index >= 15 is 0 Å². The van der Waals surface area contributed by atoms with E-state index in [1.807, 2.05) is 48.5 Å². The molecular formula is C28H24O2Si. The summed E-state index contributed by atoms with van der Waals surface area (Å²) in [6.07, 6.45) is 0. The molecule has 3 heteroatoms. The van der Waals surface area contributed by atoms with Crippen LogP contribution in [0.5, 0.6) is 11.5 Å². The van der Waals surface area contributed by atoms with Gasteiger partial charge >= 0.3 is 0 Å². The fraction of sp³-hybridized carbons (Fsp3) is 0.143. The van der Waals surface area contributed by atoms with Crippen molar-refractivity contribution in [2.24, 2.45) is 0 Å². The van der Waals surface area contributed by atoms with Crippen LogP contribution in [0.4, 0.5) is 0 Å². The summed E-state index contributed by atoms with van der Waals surface area (Å²) >= 11 is 0. The highest BCUT2D eigenvalue weighted by atomic mass is 28.3. The highest BCUT2D eigenvalue weighted by molar-refractivity contribution is 6.92. The van der Waals surface area contributed by atoms with Crippen LogP contribution in [0.3, 0.4) is 0 Å². The largest absolute Gasteiger partial charge is 0.496 e. The summed E-state index contributed by atoms with van der Waals surface area (Å²) in [5.41, 5.74) is 9.01. The van der Waals surface area contributed by atoms with Crippen LogP contribution in [-0.2, 0) is 0 Å².